The number of rotatable bonds is 5. The van der Waals surface area contributed by atoms with Gasteiger partial charge in [-0.05, 0) is 22.4 Å². The van der Waals surface area contributed by atoms with Crippen LogP contribution in [0.4, 0.5) is 0 Å². The van der Waals surface area contributed by atoms with Crippen LogP contribution in [0.2, 0.25) is 0 Å². The van der Waals surface area contributed by atoms with Crippen molar-refractivity contribution in [2.75, 3.05) is 6.61 Å². The molecule has 0 bridgehead atoms. The van der Waals surface area contributed by atoms with Gasteiger partial charge in [-0.1, -0.05) is 0 Å². The minimum atomic E-state index is -1.04. The molecule has 1 heterocycles. The number of nitrogens with two attached hydrogens (primary N) is 1. The van der Waals surface area contributed by atoms with Crippen LogP contribution < -0.4 is 5.73 Å². The van der Waals surface area contributed by atoms with Gasteiger partial charge in [-0.15, -0.1) is 0 Å². The third-order valence-corrected chi connectivity index (χ3v) is 2.20. The third-order valence-electron chi connectivity index (χ3n) is 1.46. The van der Waals surface area contributed by atoms with Crippen molar-refractivity contribution in [2.45, 2.75) is 12.6 Å². The van der Waals surface area contributed by atoms with Crippen molar-refractivity contribution in [1.82, 2.24) is 0 Å². The van der Waals surface area contributed by atoms with Crippen LogP contribution in [-0.2, 0) is 16.1 Å². The van der Waals surface area contributed by atoms with Gasteiger partial charge in [0.05, 0.1) is 13.2 Å². The minimum Gasteiger partial charge on any atom is -0.480 e. The molecule has 0 saturated carbocycles. The molecule has 72 valence electrons. The molecule has 0 spiro atoms. The molecule has 0 aromatic carbocycles. The summed E-state index contributed by atoms with van der Waals surface area (Å²) in [6.45, 7) is 0.468. The highest BCUT2D eigenvalue weighted by atomic mass is 32.1. The first kappa shape index (κ1) is 10.2. The number of hydrogen-bond donors (Lipinski definition) is 2. The lowest BCUT2D eigenvalue weighted by atomic mass is 10.3. The molecule has 13 heavy (non-hydrogen) atoms. The van der Waals surface area contributed by atoms with Crippen LogP contribution in [0.3, 0.4) is 0 Å². The molecule has 3 N–H and O–H groups in total. The van der Waals surface area contributed by atoms with Gasteiger partial charge >= 0.3 is 5.97 Å². The Kier molecular flexibility index (Phi) is 3.88. The van der Waals surface area contributed by atoms with Gasteiger partial charge in [-0.25, -0.2) is 0 Å². The number of thiophene rings is 1. The fourth-order valence-electron chi connectivity index (χ4n) is 0.750. The molecular weight excluding hydrogens is 190 g/mol. The standard InChI is InChI=1S/C8H11NO3S/c9-7(8(10)11)4-12-3-6-1-2-13-5-6/h1-2,5,7H,3-4,9H2,(H,10,11)/t7-/m0/s1. The normalized spacial score (nSPS) is 12.7. The predicted molar refractivity (Wildman–Crippen MR) is 49.6 cm³/mol. The van der Waals surface area contributed by atoms with Gasteiger partial charge in [0.2, 0.25) is 0 Å². The summed E-state index contributed by atoms with van der Waals surface area (Å²) in [5, 5.41) is 12.3. The Balaban J connectivity index is 2.18. The summed E-state index contributed by atoms with van der Waals surface area (Å²) in [4.78, 5) is 10.3. The zero-order valence-electron chi connectivity index (χ0n) is 6.97. The molecular formula is C8H11NO3S. The highest BCUT2D eigenvalue weighted by Gasteiger charge is 2.10. The molecule has 0 aliphatic heterocycles. The highest BCUT2D eigenvalue weighted by molar-refractivity contribution is 7.07. The van der Waals surface area contributed by atoms with Crippen molar-refractivity contribution in [3.8, 4) is 0 Å². The second-order valence-electron chi connectivity index (χ2n) is 2.59. The molecule has 0 fully saturated rings. The van der Waals surface area contributed by atoms with Crippen LogP contribution >= 0.6 is 11.3 Å². The second kappa shape index (κ2) is 4.96. The smallest absolute Gasteiger partial charge is 0.322 e. The summed E-state index contributed by atoms with van der Waals surface area (Å²) in [5.74, 6) is -1.04. The van der Waals surface area contributed by atoms with Gasteiger partial charge in [0.25, 0.3) is 0 Å². The Morgan fingerprint density at radius 1 is 1.77 bits per heavy atom. The molecule has 0 saturated heterocycles. The molecule has 1 atom stereocenters. The molecule has 0 amide bonds. The van der Waals surface area contributed by atoms with Crippen molar-refractivity contribution in [3.63, 3.8) is 0 Å². The maximum Gasteiger partial charge on any atom is 0.322 e. The van der Waals surface area contributed by atoms with E-state index in [1.165, 1.54) is 0 Å². The maximum atomic E-state index is 10.3. The quantitative estimate of drug-likeness (QED) is 0.734. The van der Waals surface area contributed by atoms with Crippen molar-refractivity contribution in [1.29, 1.82) is 0 Å². The summed E-state index contributed by atoms with van der Waals surface area (Å²) in [7, 11) is 0. The van der Waals surface area contributed by atoms with E-state index in [1.807, 2.05) is 16.8 Å². The van der Waals surface area contributed by atoms with Crippen LogP contribution in [0.5, 0.6) is 0 Å². The van der Waals surface area contributed by atoms with Crippen LogP contribution in [0.25, 0.3) is 0 Å². The Morgan fingerprint density at radius 3 is 3.08 bits per heavy atom. The molecule has 5 heteroatoms. The van der Waals surface area contributed by atoms with E-state index in [2.05, 4.69) is 0 Å². The minimum absolute atomic E-state index is 0.0468. The van der Waals surface area contributed by atoms with E-state index in [0.717, 1.165) is 5.56 Å². The summed E-state index contributed by atoms with van der Waals surface area (Å²) in [6.07, 6.45) is 0. The molecule has 1 aromatic rings. The van der Waals surface area contributed by atoms with Crippen LogP contribution in [0.1, 0.15) is 5.56 Å². The summed E-state index contributed by atoms with van der Waals surface area (Å²) in [5.41, 5.74) is 6.28. The number of carboxylic acid groups (broad SMARTS) is 1. The molecule has 0 radical (unpaired) electrons. The Bertz CT molecular complexity index is 260. The number of carboxylic acids is 1. The first-order valence-electron chi connectivity index (χ1n) is 3.77. The lowest BCUT2D eigenvalue weighted by molar-refractivity contribution is -0.140. The average molecular weight is 201 g/mol. The van der Waals surface area contributed by atoms with Gasteiger partial charge in [0.15, 0.2) is 0 Å². The molecule has 0 aliphatic carbocycles. The number of hydrogen-bond acceptors (Lipinski definition) is 4. The number of carbonyl (C=O) groups is 1. The van der Waals surface area contributed by atoms with Crippen molar-refractivity contribution < 1.29 is 14.6 Å². The van der Waals surface area contributed by atoms with E-state index in [4.69, 9.17) is 15.6 Å². The molecule has 0 unspecified atom stereocenters. The second-order valence-corrected chi connectivity index (χ2v) is 3.37. The lowest BCUT2D eigenvalue weighted by Crippen LogP contribution is -2.34. The maximum absolute atomic E-state index is 10.3. The fourth-order valence-corrected chi connectivity index (χ4v) is 1.40. The van der Waals surface area contributed by atoms with Crippen LogP contribution in [0, 0.1) is 0 Å². The van der Waals surface area contributed by atoms with Gasteiger partial charge < -0.3 is 15.6 Å². The third kappa shape index (κ3) is 3.54. The van der Waals surface area contributed by atoms with E-state index in [-0.39, 0.29) is 6.61 Å². The largest absolute Gasteiger partial charge is 0.480 e. The molecule has 4 nitrogen and oxygen atoms in total. The van der Waals surface area contributed by atoms with Gasteiger partial charge in [-0.2, -0.15) is 11.3 Å². The van der Waals surface area contributed by atoms with Gasteiger partial charge in [0, 0.05) is 0 Å². The molecule has 0 aliphatic rings. The predicted octanol–water partition coefficient (Wildman–Crippen LogP) is 0.677. The van der Waals surface area contributed by atoms with Gasteiger partial charge in [0.1, 0.15) is 6.04 Å². The van der Waals surface area contributed by atoms with Crippen molar-refractivity contribution in [3.05, 3.63) is 22.4 Å². The lowest BCUT2D eigenvalue weighted by Gasteiger charge is -2.06. The van der Waals surface area contributed by atoms with Crippen molar-refractivity contribution in [2.24, 2.45) is 5.73 Å². The van der Waals surface area contributed by atoms with Crippen molar-refractivity contribution >= 4 is 17.3 Å². The molecule has 1 aromatic heterocycles. The zero-order chi connectivity index (χ0) is 9.68. The van der Waals surface area contributed by atoms with E-state index >= 15 is 0 Å². The first-order valence-corrected chi connectivity index (χ1v) is 4.71. The molecule has 1 rings (SSSR count). The Labute approximate surface area is 79.9 Å². The number of ether oxygens (including phenoxy) is 1. The summed E-state index contributed by atoms with van der Waals surface area (Å²) < 4.78 is 5.10. The SMILES string of the molecule is N[C@@H](COCc1ccsc1)C(=O)O. The van der Waals surface area contributed by atoms with Crippen LogP contribution in [-0.4, -0.2) is 23.7 Å². The Morgan fingerprint density at radius 2 is 2.54 bits per heavy atom. The summed E-state index contributed by atoms with van der Waals surface area (Å²) in [6, 6.07) is 0.996. The topological polar surface area (TPSA) is 72.5 Å². The van der Waals surface area contributed by atoms with E-state index in [1.54, 1.807) is 11.3 Å². The van der Waals surface area contributed by atoms with Gasteiger partial charge in [-0.3, -0.25) is 4.79 Å². The zero-order valence-corrected chi connectivity index (χ0v) is 7.79. The van der Waals surface area contributed by atoms with Crippen LogP contribution in [0.15, 0.2) is 16.8 Å². The highest BCUT2D eigenvalue weighted by Crippen LogP contribution is 2.06. The van der Waals surface area contributed by atoms with E-state index < -0.39 is 12.0 Å². The number of aliphatic carboxylic acids is 1. The Hall–Kier alpha value is -0.910. The van der Waals surface area contributed by atoms with E-state index in [0.29, 0.717) is 6.61 Å². The average Bonchev–Trinajstić information content (AvgIpc) is 2.56. The monoisotopic (exact) mass is 201 g/mol. The fraction of sp³-hybridized carbons (Fsp3) is 0.375. The first-order chi connectivity index (χ1) is 6.20. The summed E-state index contributed by atoms with van der Waals surface area (Å²) >= 11 is 1.58. The van der Waals surface area contributed by atoms with E-state index in [9.17, 15) is 4.79 Å².